The second-order valence-corrected chi connectivity index (χ2v) is 4.78. The Hall–Kier alpha value is -1.03. The minimum absolute atomic E-state index is 0.409. The second-order valence-electron chi connectivity index (χ2n) is 3.92. The van der Waals surface area contributed by atoms with Gasteiger partial charge in [-0.1, -0.05) is 15.9 Å². The van der Waals surface area contributed by atoms with Crippen LogP contribution in [0.25, 0.3) is 0 Å². The Bertz CT molecular complexity index is 429. The maximum atomic E-state index is 11.2. The van der Waals surface area contributed by atoms with Gasteiger partial charge in [-0.2, -0.15) is 0 Å². The molecule has 4 heteroatoms. The van der Waals surface area contributed by atoms with E-state index in [0.717, 1.165) is 34.2 Å². The molecule has 0 saturated carbocycles. The molecule has 1 aliphatic carbocycles. The van der Waals surface area contributed by atoms with Crippen molar-refractivity contribution in [3.8, 4) is 5.75 Å². The van der Waals surface area contributed by atoms with Gasteiger partial charge in [0.05, 0.1) is 13.0 Å². The summed E-state index contributed by atoms with van der Waals surface area (Å²) in [7, 11) is 1.62. The number of fused-ring (bicyclic) bond motifs is 1. The van der Waals surface area contributed by atoms with Gasteiger partial charge in [-0.05, 0) is 42.5 Å². The zero-order valence-electron chi connectivity index (χ0n) is 9.00. The lowest BCUT2D eigenvalue weighted by atomic mass is 9.82. The van der Waals surface area contributed by atoms with Crippen LogP contribution in [0.4, 0.5) is 0 Å². The molecule has 1 aromatic rings. The molecule has 2 rings (SSSR count). The topological polar surface area (TPSA) is 46.5 Å². The van der Waals surface area contributed by atoms with E-state index in [1.54, 1.807) is 7.11 Å². The molecule has 1 unspecified atom stereocenters. The number of hydrogen-bond acceptors (Lipinski definition) is 2. The lowest BCUT2D eigenvalue weighted by Crippen LogP contribution is -2.19. The molecule has 0 bridgehead atoms. The van der Waals surface area contributed by atoms with Gasteiger partial charge in [0.25, 0.3) is 0 Å². The van der Waals surface area contributed by atoms with E-state index in [9.17, 15) is 9.90 Å². The number of hydrogen-bond donors (Lipinski definition) is 1. The van der Waals surface area contributed by atoms with Gasteiger partial charge in [-0.3, -0.25) is 4.79 Å². The van der Waals surface area contributed by atoms with Crippen molar-refractivity contribution in [2.24, 2.45) is 0 Å². The highest BCUT2D eigenvalue weighted by Gasteiger charge is 2.30. The number of aliphatic carboxylic acids is 1. The molecule has 0 saturated heterocycles. The SMILES string of the molecule is COc1ccc(Br)c2c1CCCC2C(=O)O. The number of carbonyl (C=O) groups is 1. The number of benzene rings is 1. The highest BCUT2D eigenvalue weighted by Crippen LogP contribution is 2.41. The quantitative estimate of drug-likeness (QED) is 0.908. The van der Waals surface area contributed by atoms with Crippen LogP contribution >= 0.6 is 15.9 Å². The molecule has 0 aromatic heterocycles. The number of rotatable bonds is 2. The van der Waals surface area contributed by atoms with Crippen LogP contribution < -0.4 is 4.74 Å². The van der Waals surface area contributed by atoms with Gasteiger partial charge in [-0.15, -0.1) is 0 Å². The van der Waals surface area contributed by atoms with E-state index in [1.165, 1.54) is 0 Å². The van der Waals surface area contributed by atoms with Crippen molar-refractivity contribution < 1.29 is 14.6 Å². The smallest absolute Gasteiger partial charge is 0.311 e. The summed E-state index contributed by atoms with van der Waals surface area (Å²) in [5.41, 5.74) is 1.92. The predicted molar refractivity (Wildman–Crippen MR) is 64.0 cm³/mol. The lowest BCUT2D eigenvalue weighted by Gasteiger charge is -2.25. The fraction of sp³-hybridized carbons (Fsp3) is 0.417. The van der Waals surface area contributed by atoms with Crippen molar-refractivity contribution in [3.05, 3.63) is 27.7 Å². The summed E-state index contributed by atoms with van der Waals surface area (Å²) < 4.78 is 6.15. The van der Waals surface area contributed by atoms with Gasteiger partial charge >= 0.3 is 5.97 Å². The Balaban J connectivity index is 2.58. The summed E-state index contributed by atoms with van der Waals surface area (Å²) >= 11 is 3.44. The summed E-state index contributed by atoms with van der Waals surface area (Å²) in [6.45, 7) is 0. The fourth-order valence-corrected chi connectivity index (χ4v) is 2.96. The normalized spacial score (nSPS) is 19.0. The minimum atomic E-state index is -0.755. The maximum Gasteiger partial charge on any atom is 0.311 e. The van der Waals surface area contributed by atoms with E-state index in [2.05, 4.69) is 15.9 Å². The monoisotopic (exact) mass is 284 g/mol. The Labute approximate surface area is 103 Å². The first kappa shape index (κ1) is 11.5. The van der Waals surface area contributed by atoms with Gasteiger partial charge in [0.15, 0.2) is 0 Å². The van der Waals surface area contributed by atoms with Crippen molar-refractivity contribution in [2.75, 3.05) is 7.11 Å². The molecule has 16 heavy (non-hydrogen) atoms. The molecule has 3 nitrogen and oxygen atoms in total. The minimum Gasteiger partial charge on any atom is -0.496 e. The summed E-state index contributed by atoms with van der Waals surface area (Å²) in [4.78, 5) is 11.2. The zero-order valence-corrected chi connectivity index (χ0v) is 10.6. The van der Waals surface area contributed by atoms with Crippen molar-refractivity contribution in [1.29, 1.82) is 0 Å². The highest BCUT2D eigenvalue weighted by molar-refractivity contribution is 9.10. The Kier molecular flexibility index (Phi) is 3.19. The number of halogens is 1. The molecule has 0 aliphatic heterocycles. The average molecular weight is 285 g/mol. The molecular weight excluding hydrogens is 272 g/mol. The molecule has 1 N–H and O–H groups in total. The van der Waals surface area contributed by atoms with Crippen LogP contribution in [0.15, 0.2) is 16.6 Å². The predicted octanol–water partition coefficient (Wildman–Crippen LogP) is 2.96. The van der Waals surface area contributed by atoms with E-state index >= 15 is 0 Å². The van der Waals surface area contributed by atoms with Gasteiger partial charge in [0, 0.05) is 4.47 Å². The molecule has 0 radical (unpaired) electrons. The van der Waals surface area contributed by atoms with Gasteiger partial charge in [-0.25, -0.2) is 0 Å². The van der Waals surface area contributed by atoms with E-state index in [1.807, 2.05) is 12.1 Å². The summed E-state index contributed by atoms with van der Waals surface area (Å²) in [6, 6.07) is 3.74. The largest absolute Gasteiger partial charge is 0.496 e. The Morgan fingerprint density at radius 2 is 2.31 bits per heavy atom. The third-order valence-electron chi connectivity index (χ3n) is 3.05. The lowest BCUT2D eigenvalue weighted by molar-refractivity contribution is -0.139. The molecular formula is C12H13BrO3. The molecule has 0 fully saturated rings. The molecule has 86 valence electrons. The van der Waals surface area contributed by atoms with Gasteiger partial charge < -0.3 is 9.84 Å². The van der Waals surface area contributed by atoms with Crippen molar-refractivity contribution >= 4 is 21.9 Å². The molecule has 1 atom stereocenters. The molecule has 0 amide bonds. The van der Waals surface area contributed by atoms with E-state index in [4.69, 9.17) is 4.74 Å². The van der Waals surface area contributed by atoms with Crippen LogP contribution in [0.5, 0.6) is 5.75 Å². The zero-order chi connectivity index (χ0) is 11.7. The average Bonchev–Trinajstić information content (AvgIpc) is 2.29. The molecule has 1 aliphatic rings. The van der Waals surface area contributed by atoms with Crippen LogP contribution in [-0.4, -0.2) is 18.2 Å². The van der Waals surface area contributed by atoms with E-state index < -0.39 is 11.9 Å². The van der Waals surface area contributed by atoms with Crippen molar-refractivity contribution in [1.82, 2.24) is 0 Å². The van der Waals surface area contributed by atoms with E-state index in [-0.39, 0.29) is 0 Å². The number of ether oxygens (including phenoxy) is 1. The first-order chi connectivity index (χ1) is 7.65. The van der Waals surface area contributed by atoms with Crippen LogP contribution in [0.1, 0.15) is 29.9 Å². The third kappa shape index (κ3) is 1.82. The number of carboxylic acids is 1. The Morgan fingerprint density at radius 1 is 1.56 bits per heavy atom. The molecule has 0 spiro atoms. The molecule has 0 heterocycles. The summed E-state index contributed by atoms with van der Waals surface area (Å²) in [6.07, 6.45) is 2.49. The standard InChI is InChI=1S/C12H13BrO3/c1-16-10-6-5-9(13)11-7(10)3-2-4-8(11)12(14)15/h5-6,8H,2-4H2,1H3,(H,14,15). The van der Waals surface area contributed by atoms with Crippen molar-refractivity contribution in [3.63, 3.8) is 0 Å². The van der Waals surface area contributed by atoms with Crippen LogP contribution in [0.3, 0.4) is 0 Å². The fourth-order valence-electron chi connectivity index (χ4n) is 2.32. The summed E-state index contributed by atoms with van der Waals surface area (Å²) in [5, 5.41) is 9.21. The number of methoxy groups -OCH3 is 1. The maximum absolute atomic E-state index is 11.2. The van der Waals surface area contributed by atoms with E-state index in [0.29, 0.717) is 6.42 Å². The molecule has 1 aromatic carbocycles. The summed E-state index contributed by atoms with van der Waals surface area (Å²) in [5.74, 6) is -0.368. The highest BCUT2D eigenvalue weighted by atomic mass is 79.9. The Morgan fingerprint density at radius 3 is 2.94 bits per heavy atom. The van der Waals surface area contributed by atoms with Crippen LogP contribution in [0.2, 0.25) is 0 Å². The first-order valence-electron chi connectivity index (χ1n) is 5.23. The van der Waals surface area contributed by atoms with Gasteiger partial charge in [0.2, 0.25) is 0 Å². The van der Waals surface area contributed by atoms with Crippen LogP contribution in [0, 0.1) is 0 Å². The number of carboxylic acid groups (broad SMARTS) is 1. The first-order valence-corrected chi connectivity index (χ1v) is 6.02. The third-order valence-corrected chi connectivity index (χ3v) is 3.74. The van der Waals surface area contributed by atoms with Crippen LogP contribution in [-0.2, 0) is 11.2 Å². The second kappa shape index (κ2) is 4.45. The van der Waals surface area contributed by atoms with Gasteiger partial charge in [0.1, 0.15) is 5.75 Å². The van der Waals surface area contributed by atoms with Crippen molar-refractivity contribution in [2.45, 2.75) is 25.2 Å².